The van der Waals surface area contributed by atoms with Crippen molar-refractivity contribution in [1.29, 1.82) is 0 Å². The van der Waals surface area contributed by atoms with E-state index >= 15 is 0 Å². The van der Waals surface area contributed by atoms with E-state index in [0.717, 1.165) is 28.5 Å². The number of alkyl carbamates (subject to hydrolysis) is 1. The Hall–Kier alpha value is -4.54. The van der Waals surface area contributed by atoms with Gasteiger partial charge in [-0.05, 0) is 50.5 Å². The molecule has 0 saturated heterocycles. The number of hydrogen-bond donors (Lipinski definition) is 5. The summed E-state index contributed by atoms with van der Waals surface area (Å²) in [6, 6.07) is 13.7. The molecule has 0 fully saturated rings. The number of anilines is 1. The Morgan fingerprint density at radius 2 is 1.63 bits per heavy atom. The predicted octanol–water partition coefficient (Wildman–Crippen LogP) is 3.56. The van der Waals surface area contributed by atoms with E-state index in [1.807, 2.05) is 43.3 Å². The van der Waals surface area contributed by atoms with E-state index < -0.39 is 42.3 Å². The van der Waals surface area contributed by atoms with E-state index in [-0.39, 0.29) is 6.42 Å². The number of nitrogens with one attached hydrogen (secondary N) is 5. The van der Waals surface area contributed by atoms with E-state index in [1.165, 1.54) is 0 Å². The summed E-state index contributed by atoms with van der Waals surface area (Å²) in [5, 5.41) is 6.12. The zero-order valence-corrected chi connectivity index (χ0v) is 21.8. The number of carbonyl (C=O) groups is 4. The summed E-state index contributed by atoms with van der Waals surface area (Å²) in [5.41, 5.74) is 6.79. The lowest BCUT2D eigenvalue weighted by Gasteiger charge is -2.23. The van der Waals surface area contributed by atoms with Gasteiger partial charge in [0.15, 0.2) is 6.61 Å². The number of ether oxygens (including phenoxy) is 2. The van der Waals surface area contributed by atoms with Crippen LogP contribution in [-0.4, -0.2) is 47.2 Å². The van der Waals surface area contributed by atoms with Crippen molar-refractivity contribution in [2.24, 2.45) is 0 Å². The molecule has 0 saturated carbocycles. The van der Waals surface area contributed by atoms with Gasteiger partial charge in [-0.15, -0.1) is 0 Å². The Balaban J connectivity index is 1.57. The van der Waals surface area contributed by atoms with Gasteiger partial charge in [0, 0.05) is 29.2 Å². The van der Waals surface area contributed by atoms with Crippen molar-refractivity contribution in [3.05, 3.63) is 65.9 Å². The monoisotopic (exact) mass is 523 g/mol. The first-order valence-corrected chi connectivity index (χ1v) is 12.2. The van der Waals surface area contributed by atoms with E-state index in [4.69, 9.17) is 9.47 Å². The zero-order valence-electron chi connectivity index (χ0n) is 21.8. The third-order valence-electron chi connectivity index (χ3n) is 5.40. The molecule has 11 nitrogen and oxygen atoms in total. The molecule has 4 amide bonds. The van der Waals surface area contributed by atoms with E-state index in [9.17, 15) is 19.2 Å². The number of aromatic amines is 1. The first-order valence-electron chi connectivity index (χ1n) is 12.2. The fraction of sp³-hybridized carbons (Fsp3) is 0.333. The minimum Gasteiger partial charge on any atom is -0.444 e. The fourth-order valence-corrected chi connectivity index (χ4v) is 3.68. The number of amides is 4. The van der Waals surface area contributed by atoms with Crippen molar-refractivity contribution in [2.75, 3.05) is 11.9 Å². The number of fused-ring (bicyclic) bond motifs is 1. The van der Waals surface area contributed by atoms with Crippen LogP contribution in [0.1, 0.15) is 38.8 Å². The summed E-state index contributed by atoms with van der Waals surface area (Å²) in [4.78, 5) is 52.7. The molecular formula is C27H33N5O6. The first kappa shape index (κ1) is 28.0. The second kappa shape index (κ2) is 12.6. The normalized spacial score (nSPS) is 11.8. The summed E-state index contributed by atoms with van der Waals surface area (Å²) in [6.45, 7) is 6.51. The molecule has 3 rings (SSSR count). The number of rotatable bonds is 8. The molecule has 0 bridgehead atoms. The fourth-order valence-electron chi connectivity index (χ4n) is 3.68. The highest BCUT2D eigenvalue weighted by atomic mass is 16.6. The van der Waals surface area contributed by atoms with Crippen LogP contribution in [0.2, 0.25) is 0 Å². The molecular weight excluding hydrogens is 490 g/mol. The highest BCUT2D eigenvalue weighted by Gasteiger charge is 2.26. The SMILES string of the molecule is CCc1ccccc1NC(=O)COC(=O)NNC(=O)[C@H](Cc1c[nH]c2ccccc12)NC(=O)OC(C)(C)C. The number of benzene rings is 2. The number of para-hydroxylation sites is 2. The third kappa shape index (κ3) is 8.26. The van der Waals surface area contributed by atoms with Gasteiger partial charge in [0.1, 0.15) is 11.6 Å². The van der Waals surface area contributed by atoms with Gasteiger partial charge in [-0.2, -0.15) is 0 Å². The van der Waals surface area contributed by atoms with Crippen LogP contribution in [-0.2, 0) is 31.9 Å². The smallest absolute Gasteiger partial charge is 0.426 e. The van der Waals surface area contributed by atoms with Crippen molar-refractivity contribution < 1.29 is 28.7 Å². The van der Waals surface area contributed by atoms with E-state index in [2.05, 4.69) is 26.5 Å². The quantitative estimate of drug-likeness (QED) is 0.285. The van der Waals surface area contributed by atoms with Crippen molar-refractivity contribution in [3.8, 4) is 0 Å². The molecule has 0 aliphatic carbocycles. The summed E-state index contributed by atoms with van der Waals surface area (Å²) in [6.07, 6.45) is 0.759. The number of H-pyrrole nitrogens is 1. The molecule has 0 aliphatic rings. The molecule has 38 heavy (non-hydrogen) atoms. The molecule has 2 aromatic carbocycles. The highest BCUT2D eigenvalue weighted by Crippen LogP contribution is 2.19. The molecule has 0 radical (unpaired) electrons. The van der Waals surface area contributed by atoms with Gasteiger partial charge in [0.05, 0.1) is 0 Å². The second-order valence-corrected chi connectivity index (χ2v) is 9.51. The minimum absolute atomic E-state index is 0.116. The van der Waals surface area contributed by atoms with Gasteiger partial charge in [-0.3, -0.25) is 15.0 Å². The first-order chi connectivity index (χ1) is 18.1. The number of hydrazine groups is 1. The molecule has 1 aromatic heterocycles. The molecule has 3 aromatic rings. The van der Waals surface area contributed by atoms with E-state index in [1.54, 1.807) is 39.1 Å². The van der Waals surface area contributed by atoms with Crippen molar-refractivity contribution >= 4 is 40.6 Å². The molecule has 5 N–H and O–H groups in total. The second-order valence-electron chi connectivity index (χ2n) is 9.51. The van der Waals surface area contributed by atoms with Crippen LogP contribution in [0, 0.1) is 0 Å². The van der Waals surface area contributed by atoms with Gasteiger partial charge in [-0.1, -0.05) is 43.3 Å². The standard InChI is InChI=1S/C27H33N5O6/c1-5-17-10-6-8-12-20(17)29-23(33)16-37-26(36)32-31-24(34)22(30-25(35)38-27(2,3)4)14-18-15-28-21-13-9-7-11-19(18)21/h6-13,15,22,28H,5,14,16H2,1-4H3,(H,29,33)(H,30,35)(H,31,34)(H,32,36)/t22-/m0/s1. The van der Waals surface area contributed by atoms with Crippen LogP contribution in [0.15, 0.2) is 54.7 Å². The maximum atomic E-state index is 12.9. The lowest BCUT2D eigenvalue weighted by atomic mass is 10.0. The van der Waals surface area contributed by atoms with Crippen LogP contribution >= 0.6 is 0 Å². The average Bonchev–Trinajstić information content (AvgIpc) is 3.27. The summed E-state index contributed by atoms with van der Waals surface area (Å²) in [7, 11) is 0. The van der Waals surface area contributed by atoms with Gasteiger partial charge >= 0.3 is 12.2 Å². The van der Waals surface area contributed by atoms with Crippen LogP contribution < -0.4 is 21.5 Å². The molecule has 0 spiro atoms. The van der Waals surface area contributed by atoms with Crippen LogP contribution in [0.5, 0.6) is 0 Å². The molecule has 1 heterocycles. The Morgan fingerprint density at radius 1 is 0.921 bits per heavy atom. The van der Waals surface area contributed by atoms with Crippen molar-refractivity contribution in [3.63, 3.8) is 0 Å². The number of aryl methyl sites for hydroxylation is 1. The summed E-state index contributed by atoms with van der Waals surface area (Å²) in [5.74, 6) is -1.24. The third-order valence-corrected chi connectivity index (χ3v) is 5.40. The Bertz CT molecular complexity index is 1300. The van der Waals surface area contributed by atoms with Crippen LogP contribution in [0.25, 0.3) is 10.9 Å². The summed E-state index contributed by atoms with van der Waals surface area (Å²) < 4.78 is 10.2. The molecule has 0 aliphatic heterocycles. The van der Waals surface area contributed by atoms with E-state index in [0.29, 0.717) is 5.69 Å². The Morgan fingerprint density at radius 3 is 2.37 bits per heavy atom. The molecule has 11 heteroatoms. The predicted molar refractivity (Wildman–Crippen MR) is 142 cm³/mol. The molecule has 0 unspecified atom stereocenters. The summed E-state index contributed by atoms with van der Waals surface area (Å²) >= 11 is 0. The zero-order chi connectivity index (χ0) is 27.7. The van der Waals surface area contributed by atoms with Crippen molar-refractivity contribution in [2.45, 2.75) is 52.2 Å². The van der Waals surface area contributed by atoms with Gasteiger partial charge in [-0.25, -0.2) is 15.0 Å². The van der Waals surface area contributed by atoms with Gasteiger partial charge < -0.3 is 25.1 Å². The van der Waals surface area contributed by atoms with Gasteiger partial charge in [0.25, 0.3) is 11.8 Å². The number of aromatic nitrogens is 1. The lowest BCUT2D eigenvalue weighted by Crippen LogP contribution is -2.54. The minimum atomic E-state index is -1.08. The maximum absolute atomic E-state index is 12.9. The number of carbonyl (C=O) groups excluding carboxylic acids is 4. The average molecular weight is 524 g/mol. The Labute approximate surface area is 220 Å². The van der Waals surface area contributed by atoms with Gasteiger partial charge in [0.2, 0.25) is 0 Å². The molecule has 202 valence electrons. The topological polar surface area (TPSA) is 151 Å². The lowest BCUT2D eigenvalue weighted by molar-refractivity contribution is -0.124. The molecule has 1 atom stereocenters. The Kier molecular flexibility index (Phi) is 9.31. The highest BCUT2D eigenvalue weighted by molar-refractivity contribution is 5.93. The largest absolute Gasteiger partial charge is 0.444 e. The number of hydrogen-bond acceptors (Lipinski definition) is 6. The maximum Gasteiger partial charge on any atom is 0.426 e. The van der Waals surface area contributed by atoms with Crippen molar-refractivity contribution in [1.82, 2.24) is 21.2 Å². The van der Waals surface area contributed by atoms with Crippen LogP contribution in [0.3, 0.4) is 0 Å². The van der Waals surface area contributed by atoms with Crippen LogP contribution in [0.4, 0.5) is 15.3 Å².